The van der Waals surface area contributed by atoms with Crippen LogP contribution in [0.1, 0.15) is 13.8 Å². The van der Waals surface area contributed by atoms with Gasteiger partial charge < -0.3 is 16.0 Å². The molecule has 0 spiro atoms. The minimum atomic E-state index is -0.421. The van der Waals surface area contributed by atoms with Gasteiger partial charge in [0.2, 0.25) is 0 Å². The number of rotatable bonds is 7. The van der Waals surface area contributed by atoms with Crippen LogP contribution < -0.4 is 11.1 Å². The zero-order valence-corrected chi connectivity index (χ0v) is 10.8. The van der Waals surface area contributed by atoms with Gasteiger partial charge in [-0.3, -0.25) is 10.1 Å². The summed E-state index contributed by atoms with van der Waals surface area (Å²) in [4.78, 5) is 12.7. The van der Waals surface area contributed by atoms with Crippen LogP contribution in [-0.4, -0.2) is 36.0 Å². The molecule has 0 unspecified atom stereocenters. The number of nitrogens with one attached hydrogen (secondary N) is 1. The SMILES string of the molecule is CCN(CC)CCNc1c(N)cccc1[N+](=O)[O-]. The molecule has 0 amide bonds. The predicted octanol–water partition coefficient (Wildman–Crippen LogP) is 1.93. The number of hydrogen-bond acceptors (Lipinski definition) is 5. The van der Waals surface area contributed by atoms with Crippen LogP contribution in [0.25, 0.3) is 0 Å². The normalized spacial score (nSPS) is 10.6. The quantitative estimate of drug-likeness (QED) is 0.440. The number of nitrogen functional groups attached to an aromatic ring is 1. The molecule has 1 aromatic rings. The summed E-state index contributed by atoms with van der Waals surface area (Å²) in [6.45, 7) is 7.57. The van der Waals surface area contributed by atoms with Crippen LogP contribution in [0.3, 0.4) is 0 Å². The van der Waals surface area contributed by atoms with Crippen LogP contribution in [0.4, 0.5) is 17.1 Å². The molecule has 0 aliphatic rings. The number of nitro benzene ring substituents is 1. The topological polar surface area (TPSA) is 84.4 Å². The summed E-state index contributed by atoms with van der Waals surface area (Å²) in [5.41, 5.74) is 6.60. The smallest absolute Gasteiger partial charge is 0.294 e. The second-order valence-electron chi connectivity index (χ2n) is 3.95. The minimum Gasteiger partial charge on any atom is -0.397 e. The molecule has 1 aromatic carbocycles. The van der Waals surface area contributed by atoms with Gasteiger partial charge >= 0.3 is 0 Å². The van der Waals surface area contributed by atoms with Gasteiger partial charge in [-0.05, 0) is 19.2 Å². The van der Waals surface area contributed by atoms with Crippen LogP contribution in [-0.2, 0) is 0 Å². The average molecular weight is 252 g/mol. The Morgan fingerprint density at radius 3 is 2.61 bits per heavy atom. The molecule has 3 N–H and O–H groups in total. The van der Waals surface area contributed by atoms with E-state index in [1.807, 2.05) is 0 Å². The third kappa shape index (κ3) is 3.59. The maximum atomic E-state index is 10.9. The van der Waals surface area contributed by atoms with E-state index in [1.54, 1.807) is 12.1 Å². The molecule has 1 rings (SSSR count). The number of nitrogens with two attached hydrogens (primary N) is 1. The molecule has 0 saturated heterocycles. The number of hydrogen-bond donors (Lipinski definition) is 2. The zero-order chi connectivity index (χ0) is 13.5. The van der Waals surface area contributed by atoms with Crippen LogP contribution >= 0.6 is 0 Å². The van der Waals surface area contributed by atoms with Crippen molar-refractivity contribution in [3.05, 3.63) is 28.3 Å². The van der Waals surface area contributed by atoms with Crippen molar-refractivity contribution in [2.24, 2.45) is 0 Å². The molecular formula is C12H20N4O2. The molecule has 6 nitrogen and oxygen atoms in total. The van der Waals surface area contributed by atoms with Crippen LogP contribution in [0, 0.1) is 10.1 Å². The van der Waals surface area contributed by atoms with Crippen LogP contribution in [0.2, 0.25) is 0 Å². The van der Waals surface area contributed by atoms with Gasteiger partial charge in [-0.2, -0.15) is 0 Å². The molecule has 0 aliphatic carbocycles. The Bertz CT molecular complexity index is 405. The monoisotopic (exact) mass is 252 g/mol. The van der Waals surface area contributed by atoms with Crippen molar-refractivity contribution < 1.29 is 4.92 Å². The number of anilines is 2. The fourth-order valence-corrected chi connectivity index (χ4v) is 1.78. The van der Waals surface area contributed by atoms with E-state index in [9.17, 15) is 10.1 Å². The highest BCUT2D eigenvalue weighted by Gasteiger charge is 2.15. The number of para-hydroxylation sites is 1. The number of nitrogens with zero attached hydrogens (tertiary/aromatic N) is 2. The molecule has 0 bridgehead atoms. The third-order valence-corrected chi connectivity index (χ3v) is 2.90. The highest BCUT2D eigenvalue weighted by molar-refractivity contribution is 5.76. The lowest BCUT2D eigenvalue weighted by Crippen LogP contribution is -2.28. The first kappa shape index (κ1) is 14.2. The lowest BCUT2D eigenvalue weighted by molar-refractivity contribution is -0.383. The van der Waals surface area contributed by atoms with Crippen molar-refractivity contribution in [2.75, 3.05) is 37.2 Å². The largest absolute Gasteiger partial charge is 0.397 e. The van der Waals surface area contributed by atoms with E-state index >= 15 is 0 Å². The van der Waals surface area contributed by atoms with E-state index < -0.39 is 4.92 Å². The van der Waals surface area contributed by atoms with Crippen molar-refractivity contribution in [1.82, 2.24) is 4.90 Å². The first-order valence-electron chi connectivity index (χ1n) is 6.09. The van der Waals surface area contributed by atoms with Crippen LogP contribution in [0.5, 0.6) is 0 Å². The molecule has 0 aromatic heterocycles. The van der Waals surface area contributed by atoms with Gasteiger partial charge in [0.1, 0.15) is 5.69 Å². The van der Waals surface area contributed by atoms with Gasteiger partial charge in [0.25, 0.3) is 5.69 Å². The van der Waals surface area contributed by atoms with Crippen molar-refractivity contribution in [3.63, 3.8) is 0 Å². The maximum absolute atomic E-state index is 10.9. The summed E-state index contributed by atoms with van der Waals surface area (Å²) in [6, 6.07) is 4.70. The highest BCUT2D eigenvalue weighted by Crippen LogP contribution is 2.29. The fraction of sp³-hybridized carbons (Fsp3) is 0.500. The zero-order valence-electron chi connectivity index (χ0n) is 10.8. The first-order chi connectivity index (χ1) is 8.60. The predicted molar refractivity (Wildman–Crippen MR) is 73.8 cm³/mol. The fourth-order valence-electron chi connectivity index (χ4n) is 1.78. The molecule has 100 valence electrons. The second kappa shape index (κ2) is 6.80. The number of likely N-dealkylation sites (N-methyl/N-ethyl adjacent to an activating group) is 1. The third-order valence-electron chi connectivity index (χ3n) is 2.90. The summed E-state index contributed by atoms with van der Waals surface area (Å²) < 4.78 is 0. The van der Waals surface area contributed by atoms with Gasteiger partial charge in [-0.1, -0.05) is 19.9 Å². The molecule has 0 saturated carbocycles. The lowest BCUT2D eigenvalue weighted by Gasteiger charge is -2.18. The van der Waals surface area contributed by atoms with Gasteiger partial charge in [-0.15, -0.1) is 0 Å². The van der Waals surface area contributed by atoms with E-state index in [0.717, 1.165) is 19.6 Å². The number of nitro groups is 1. The molecule has 0 heterocycles. The Labute approximate surface area is 107 Å². The van der Waals surface area contributed by atoms with E-state index in [4.69, 9.17) is 5.73 Å². The van der Waals surface area contributed by atoms with E-state index in [0.29, 0.717) is 17.9 Å². The highest BCUT2D eigenvalue weighted by atomic mass is 16.6. The Kier molecular flexibility index (Phi) is 5.38. The molecule has 0 aliphatic heterocycles. The van der Waals surface area contributed by atoms with E-state index in [2.05, 4.69) is 24.1 Å². The summed E-state index contributed by atoms with van der Waals surface area (Å²) in [7, 11) is 0. The summed E-state index contributed by atoms with van der Waals surface area (Å²) in [5, 5.41) is 13.9. The Balaban J connectivity index is 2.69. The molecular weight excluding hydrogens is 232 g/mol. The maximum Gasteiger partial charge on any atom is 0.294 e. The molecule has 0 atom stereocenters. The Hall–Kier alpha value is -1.82. The second-order valence-corrected chi connectivity index (χ2v) is 3.95. The molecule has 18 heavy (non-hydrogen) atoms. The minimum absolute atomic E-state index is 0.0227. The Morgan fingerprint density at radius 1 is 1.39 bits per heavy atom. The van der Waals surface area contributed by atoms with Gasteiger partial charge in [-0.25, -0.2) is 0 Å². The standard InChI is InChI=1S/C12H20N4O2/c1-3-15(4-2)9-8-14-12-10(13)6-5-7-11(12)16(17)18/h5-7,14H,3-4,8-9,13H2,1-2H3. The van der Waals surface area contributed by atoms with Gasteiger partial charge in [0.15, 0.2) is 0 Å². The summed E-state index contributed by atoms with van der Waals surface area (Å²) in [5.74, 6) is 0. The average Bonchev–Trinajstić information content (AvgIpc) is 2.36. The lowest BCUT2D eigenvalue weighted by atomic mass is 10.2. The first-order valence-corrected chi connectivity index (χ1v) is 6.09. The van der Waals surface area contributed by atoms with Crippen molar-refractivity contribution in [1.29, 1.82) is 0 Å². The Morgan fingerprint density at radius 2 is 2.06 bits per heavy atom. The van der Waals surface area contributed by atoms with Crippen molar-refractivity contribution in [3.8, 4) is 0 Å². The molecule has 0 fully saturated rings. The molecule has 6 heteroatoms. The summed E-state index contributed by atoms with van der Waals surface area (Å²) >= 11 is 0. The van der Waals surface area contributed by atoms with Crippen LogP contribution in [0.15, 0.2) is 18.2 Å². The summed E-state index contributed by atoms with van der Waals surface area (Å²) in [6.07, 6.45) is 0. The van der Waals surface area contributed by atoms with E-state index in [1.165, 1.54) is 6.07 Å². The van der Waals surface area contributed by atoms with Crippen molar-refractivity contribution in [2.45, 2.75) is 13.8 Å². The van der Waals surface area contributed by atoms with Gasteiger partial charge in [0.05, 0.1) is 10.6 Å². The van der Waals surface area contributed by atoms with E-state index in [-0.39, 0.29) is 5.69 Å². The molecule has 0 radical (unpaired) electrons. The van der Waals surface area contributed by atoms with Gasteiger partial charge in [0, 0.05) is 19.2 Å². The number of benzene rings is 1. The van der Waals surface area contributed by atoms with Crippen molar-refractivity contribution >= 4 is 17.1 Å².